The summed E-state index contributed by atoms with van der Waals surface area (Å²) in [4.78, 5) is 28.0. The van der Waals surface area contributed by atoms with Gasteiger partial charge >= 0.3 is 0 Å². The molecule has 1 heterocycles. The minimum Gasteiger partial charge on any atom is -0.507 e. The van der Waals surface area contributed by atoms with Crippen molar-refractivity contribution < 1.29 is 14.7 Å². The van der Waals surface area contributed by atoms with Crippen LogP contribution in [0.3, 0.4) is 0 Å². The molecule has 0 aliphatic carbocycles. The standard InChI is InChI=1S/C22H21N3O3/c1-14-4-9-20(26)18(11-14)22(28)25-13-16-7-5-15(6-8-16)12-19-17(21(23)27)3-2-10-24-19/h2-11,26H,12-13H2,1H3,(H2,23,27)(H,25,28). The Hall–Kier alpha value is -3.67. The summed E-state index contributed by atoms with van der Waals surface area (Å²) in [7, 11) is 0. The molecule has 0 aliphatic heterocycles. The van der Waals surface area contributed by atoms with Gasteiger partial charge in [0.1, 0.15) is 5.75 Å². The molecule has 142 valence electrons. The minimum atomic E-state index is -0.498. The van der Waals surface area contributed by atoms with Crippen molar-refractivity contribution in [1.29, 1.82) is 0 Å². The Balaban J connectivity index is 1.64. The molecule has 28 heavy (non-hydrogen) atoms. The maximum Gasteiger partial charge on any atom is 0.255 e. The van der Waals surface area contributed by atoms with Gasteiger partial charge in [0.05, 0.1) is 16.8 Å². The van der Waals surface area contributed by atoms with Gasteiger partial charge in [-0.1, -0.05) is 35.9 Å². The molecule has 2 aromatic carbocycles. The van der Waals surface area contributed by atoms with Gasteiger partial charge in [-0.2, -0.15) is 0 Å². The van der Waals surface area contributed by atoms with E-state index in [1.165, 1.54) is 6.07 Å². The summed E-state index contributed by atoms with van der Waals surface area (Å²) in [5.41, 5.74) is 9.49. The highest BCUT2D eigenvalue weighted by molar-refractivity contribution is 5.97. The maximum atomic E-state index is 12.3. The van der Waals surface area contributed by atoms with Crippen LogP contribution in [0.25, 0.3) is 0 Å². The molecule has 0 bridgehead atoms. The Bertz CT molecular complexity index is 1010. The Labute approximate surface area is 163 Å². The molecule has 6 nitrogen and oxygen atoms in total. The summed E-state index contributed by atoms with van der Waals surface area (Å²) in [6.45, 7) is 2.20. The fourth-order valence-corrected chi connectivity index (χ4v) is 2.88. The van der Waals surface area contributed by atoms with Crippen LogP contribution < -0.4 is 11.1 Å². The topological polar surface area (TPSA) is 105 Å². The number of hydrogen-bond donors (Lipinski definition) is 3. The lowest BCUT2D eigenvalue weighted by Gasteiger charge is -2.09. The molecular weight excluding hydrogens is 354 g/mol. The number of rotatable bonds is 6. The second-order valence-electron chi connectivity index (χ2n) is 6.56. The second-order valence-corrected chi connectivity index (χ2v) is 6.56. The molecular formula is C22H21N3O3. The van der Waals surface area contributed by atoms with Gasteiger partial charge in [0.2, 0.25) is 0 Å². The maximum absolute atomic E-state index is 12.3. The van der Waals surface area contributed by atoms with E-state index < -0.39 is 5.91 Å². The van der Waals surface area contributed by atoms with E-state index in [9.17, 15) is 14.7 Å². The summed E-state index contributed by atoms with van der Waals surface area (Å²) < 4.78 is 0. The van der Waals surface area contributed by atoms with Crippen molar-refractivity contribution in [3.8, 4) is 5.75 Å². The van der Waals surface area contributed by atoms with Crippen molar-refractivity contribution in [2.75, 3.05) is 0 Å². The Kier molecular flexibility index (Phi) is 5.69. The number of carbonyl (C=O) groups is 2. The third-order valence-corrected chi connectivity index (χ3v) is 4.40. The summed E-state index contributed by atoms with van der Waals surface area (Å²) in [6.07, 6.45) is 2.12. The first-order chi connectivity index (χ1) is 13.4. The van der Waals surface area contributed by atoms with Gasteiger partial charge in [0.15, 0.2) is 0 Å². The number of phenolic OH excluding ortho intramolecular Hbond substituents is 1. The van der Waals surface area contributed by atoms with Gasteiger partial charge in [0, 0.05) is 19.2 Å². The number of benzene rings is 2. The van der Waals surface area contributed by atoms with Gasteiger partial charge < -0.3 is 16.2 Å². The van der Waals surface area contributed by atoms with Crippen LogP contribution in [0.4, 0.5) is 0 Å². The monoisotopic (exact) mass is 375 g/mol. The molecule has 0 fully saturated rings. The molecule has 0 saturated carbocycles. The zero-order chi connectivity index (χ0) is 20.1. The lowest BCUT2D eigenvalue weighted by atomic mass is 10.0. The van der Waals surface area contributed by atoms with Crippen molar-refractivity contribution in [2.45, 2.75) is 19.9 Å². The summed E-state index contributed by atoms with van der Waals surface area (Å²) >= 11 is 0. The molecule has 3 aromatic rings. The first kappa shape index (κ1) is 19.1. The number of amides is 2. The van der Waals surface area contributed by atoms with E-state index in [1.807, 2.05) is 31.2 Å². The minimum absolute atomic E-state index is 0.0425. The fraction of sp³-hybridized carbons (Fsp3) is 0.136. The van der Waals surface area contributed by atoms with Gasteiger partial charge in [-0.05, 0) is 42.3 Å². The zero-order valence-corrected chi connectivity index (χ0v) is 15.5. The molecule has 3 rings (SSSR count). The van der Waals surface area contributed by atoms with Crippen LogP contribution in [0.1, 0.15) is 43.1 Å². The highest BCUT2D eigenvalue weighted by Gasteiger charge is 2.12. The van der Waals surface area contributed by atoms with Gasteiger partial charge in [-0.25, -0.2) is 0 Å². The van der Waals surface area contributed by atoms with E-state index >= 15 is 0 Å². The molecule has 4 N–H and O–H groups in total. The van der Waals surface area contributed by atoms with Crippen LogP contribution in [0, 0.1) is 6.92 Å². The van der Waals surface area contributed by atoms with Crippen LogP contribution in [0.2, 0.25) is 0 Å². The predicted octanol–water partition coefficient (Wildman–Crippen LogP) is 2.72. The van der Waals surface area contributed by atoms with Crippen molar-refractivity contribution >= 4 is 11.8 Å². The van der Waals surface area contributed by atoms with Crippen molar-refractivity contribution in [3.05, 3.63) is 94.3 Å². The summed E-state index contributed by atoms with van der Waals surface area (Å²) in [5.74, 6) is -0.870. The van der Waals surface area contributed by atoms with E-state index in [-0.39, 0.29) is 17.2 Å². The fourth-order valence-electron chi connectivity index (χ4n) is 2.88. The van der Waals surface area contributed by atoms with Gasteiger partial charge in [0.25, 0.3) is 11.8 Å². The number of hydrogen-bond acceptors (Lipinski definition) is 4. The number of nitrogens with one attached hydrogen (secondary N) is 1. The Morgan fingerprint density at radius 3 is 2.46 bits per heavy atom. The summed E-state index contributed by atoms with van der Waals surface area (Å²) in [5, 5.41) is 12.6. The lowest BCUT2D eigenvalue weighted by molar-refractivity contribution is 0.0947. The van der Waals surface area contributed by atoms with E-state index in [4.69, 9.17) is 5.73 Å². The first-order valence-corrected chi connectivity index (χ1v) is 8.83. The zero-order valence-electron chi connectivity index (χ0n) is 15.5. The van der Waals surface area contributed by atoms with E-state index in [2.05, 4.69) is 10.3 Å². The van der Waals surface area contributed by atoms with Crippen molar-refractivity contribution in [3.63, 3.8) is 0 Å². The number of nitrogens with zero attached hydrogens (tertiary/aromatic N) is 1. The highest BCUT2D eigenvalue weighted by Crippen LogP contribution is 2.18. The molecule has 0 saturated heterocycles. The van der Waals surface area contributed by atoms with Crippen LogP contribution in [-0.2, 0) is 13.0 Å². The predicted molar refractivity (Wildman–Crippen MR) is 106 cm³/mol. The molecule has 0 unspecified atom stereocenters. The van der Waals surface area contributed by atoms with Crippen molar-refractivity contribution in [1.82, 2.24) is 10.3 Å². The number of aromatic nitrogens is 1. The van der Waals surface area contributed by atoms with E-state index in [1.54, 1.807) is 30.5 Å². The smallest absolute Gasteiger partial charge is 0.255 e. The molecule has 0 spiro atoms. The molecule has 6 heteroatoms. The third-order valence-electron chi connectivity index (χ3n) is 4.40. The van der Waals surface area contributed by atoms with Crippen LogP contribution in [0.15, 0.2) is 60.8 Å². The van der Waals surface area contributed by atoms with E-state index in [0.29, 0.717) is 24.2 Å². The number of carbonyl (C=O) groups excluding carboxylic acids is 2. The van der Waals surface area contributed by atoms with E-state index in [0.717, 1.165) is 16.7 Å². The molecule has 0 radical (unpaired) electrons. The van der Waals surface area contributed by atoms with Crippen LogP contribution >= 0.6 is 0 Å². The number of aromatic hydroxyl groups is 1. The number of nitrogens with two attached hydrogens (primary N) is 1. The number of phenols is 1. The average molecular weight is 375 g/mol. The molecule has 1 aromatic heterocycles. The number of pyridine rings is 1. The van der Waals surface area contributed by atoms with Crippen LogP contribution in [-0.4, -0.2) is 21.9 Å². The summed E-state index contributed by atoms with van der Waals surface area (Å²) in [6, 6.07) is 15.9. The number of aryl methyl sites for hydroxylation is 1. The Morgan fingerprint density at radius 1 is 1.04 bits per heavy atom. The molecule has 2 amide bonds. The van der Waals surface area contributed by atoms with Gasteiger partial charge in [-0.15, -0.1) is 0 Å². The molecule has 0 aliphatic rings. The largest absolute Gasteiger partial charge is 0.507 e. The SMILES string of the molecule is Cc1ccc(O)c(C(=O)NCc2ccc(Cc3ncccc3C(N)=O)cc2)c1. The second kappa shape index (κ2) is 8.35. The third kappa shape index (κ3) is 4.54. The lowest BCUT2D eigenvalue weighted by Crippen LogP contribution is -2.23. The quantitative estimate of drug-likeness (QED) is 0.616. The average Bonchev–Trinajstić information content (AvgIpc) is 2.69. The van der Waals surface area contributed by atoms with Crippen molar-refractivity contribution in [2.24, 2.45) is 5.73 Å². The normalized spacial score (nSPS) is 10.5. The molecule has 0 atom stereocenters. The number of primary amides is 1. The first-order valence-electron chi connectivity index (χ1n) is 8.83. The Morgan fingerprint density at radius 2 is 1.75 bits per heavy atom. The van der Waals surface area contributed by atoms with Gasteiger partial charge in [-0.3, -0.25) is 14.6 Å². The van der Waals surface area contributed by atoms with Crippen LogP contribution in [0.5, 0.6) is 5.75 Å². The highest BCUT2D eigenvalue weighted by atomic mass is 16.3.